The number of nitrogens with one attached hydrogen (secondary N) is 1. The number of halogens is 1. The second kappa shape index (κ2) is 13.6. The Balaban J connectivity index is 1.24. The molecule has 4 fully saturated rings. The van der Waals surface area contributed by atoms with E-state index in [1.807, 2.05) is 38.3 Å². The molecule has 2 aromatic heterocycles. The van der Waals surface area contributed by atoms with Crippen LogP contribution in [0.3, 0.4) is 0 Å². The van der Waals surface area contributed by atoms with Crippen LogP contribution in [0.25, 0.3) is 22.3 Å². The minimum absolute atomic E-state index is 0.110. The lowest BCUT2D eigenvalue weighted by molar-refractivity contribution is -0.151. The summed E-state index contributed by atoms with van der Waals surface area (Å²) < 4.78 is 40.2. The molecular formula is C39H47ClN4O7S2. The first-order valence-electron chi connectivity index (χ1n) is 18.3. The third-order valence-corrected chi connectivity index (χ3v) is 14.8. The second-order valence-electron chi connectivity index (χ2n) is 16.4. The van der Waals surface area contributed by atoms with Gasteiger partial charge in [-0.2, -0.15) is 0 Å². The smallest absolute Gasteiger partial charge is 0.240 e. The molecule has 2 aliphatic carbocycles. The number of ketones is 1. The van der Waals surface area contributed by atoms with Gasteiger partial charge in [0.05, 0.1) is 46.1 Å². The van der Waals surface area contributed by atoms with Crippen LogP contribution in [0, 0.1) is 22.7 Å². The number of hydrogen-bond acceptors (Lipinski definition) is 10. The van der Waals surface area contributed by atoms with Crippen molar-refractivity contribution in [2.24, 2.45) is 22.7 Å². The van der Waals surface area contributed by atoms with Gasteiger partial charge in [-0.05, 0) is 55.6 Å². The van der Waals surface area contributed by atoms with Crippen LogP contribution in [0.2, 0.25) is 5.02 Å². The summed E-state index contributed by atoms with van der Waals surface area (Å²) in [5.41, 5.74) is 0.155. The van der Waals surface area contributed by atoms with Crippen molar-refractivity contribution < 1.29 is 32.3 Å². The van der Waals surface area contributed by atoms with Gasteiger partial charge in [0.1, 0.15) is 28.3 Å². The van der Waals surface area contributed by atoms with E-state index < -0.39 is 44.8 Å². The Hall–Kier alpha value is -3.55. The summed E-state index contributed by atoms with van der Waals surface area (Å²) in [6.07, 6.45) is 3.63. The van der Waals surface area contributed by atoms with Gasteiger partial charge in [-0.1, -0.05) is 52.3 Å². The van der Waals surface area contributed by atoms with Crippen LogP contribution < -0.4 is 14.2 Å². The van der Waals surface area contributed by atoms with Crippen molar-refractivity contribution >= 4 is 61.5 Å². The van der Waals surface area contributed by atoms with Gasteiger partial charge < -0.3 is 14.4 Å². The third-order valence-electron chi connectivity index (χ3n) is 11.5. The van der Waals surface area contributed by atoms with E-state index in [0.29, 0.717) is 70.9 Å². The van der Waals surface area contributed by atoms with Gasteiger partial charge in [0.2, 0.25) is 21.8 Å². The number of benzene rings is 1. The molecule has 2 amide bonds. The zero-order valence-corrected chi connectivity index (χ0v) is 33.4. The maximum Gasteiger partial charge on any atom is 0.240 e. The minimum Gasteiger partial charge on any atom is -0.495 e. The average molecular weight is 783 g/mol. The molecule has 0 unspecified atom stereocenters. The summed E-state index contributed by atoms with van der Waals surface area (Å²) in [4.78, 5) is 53.9. The number of fused-ring (bicyclic) bond motifs is 2. The van der Waals surface area contributed by atoms with E-state index in [1.54, 1.807) is 28.4 Å². The van der Waals surface area contributed by atoms with Gasteiger partial charge in [-0.25, -0.2) is 18.4 Å². The molecule has 1 aromatic carbocycles. The molecule has 284 valence electrons. The molecule has 2 saturated carbocycles. The molecule has 2 aliphatic heterocycles. The van der Waals surface area contributed by atoms with E-state index in [9.17, 15) is 22.8 Å². The van der Waals surface area contributed by atoms with Crippen LogP contribution in [0.1, 0.15) is 90.5 Å². The molecule has 4 heterocycles. The Morgan fingerprint density at radius 1 is 1.15 bits per heavy atom. The van der Waals surface area contributed by atoms with E-state index >= 15 is 0 Å². The van der Waals surface area contributed by atoms with E-state index in [2.05, 4.69) is 25.1 Å². The molecule has 14 heteroatoms. The highest BCUT2D eigenvalue weighted by Crippen LogP contribution is 2.57. The van der Waals surface area contributed by atoms with Crippen LogP contribution in [-0.2, 0) is 24.4 Å². The molecule has 0 spiro atoms. The van der Waals surface area contributed by atoms with Gasteiger partial charge in [0.25, 0.3) is 0 Å². The monoisotopic (exact) mass is 782 g/mol. The highest BCUT2D eigenvalue weighted by atomic mass is 35.5. The van der Waals surface area contributed by atoms with Crippen LogP contribution in [0.4, 0.5) is 0 Å². The number of methoxy groups -OCH3 is 1. The van der Waals surface area contributed by atoms with Crippen molar-refractivity contribution in [2.75, 3.05) is 7.11 Å². The zero-order valence-electron chi connectivity index (χ0n) is 31.0. The fourth-order valence-corrected chi connectivity index (χ4v) is 10.6. The quantitative estimate of drug-likeness (QED) is 0.191. The molecule has 7 rings (SSSR count). The van der Waals surface area contributed by atoms with Crippen molar-refractivity contribution in [3.63, 3.8) is 0 Å². The minimum atomic E-state index is -3.82. The lowest BCUT2D eigenvalue weighted by Gasteiger charge is -2.43. The van der Waals surface area contributed by atoms with Crippen molar-refractivity contribution in [2.45, 2.75) is 109 Å². The van der Waals surface area contributed by atoms with E-state index in [1.165, 1.54) is 7.11 Å². The summed E-state index contributed by atoms with van der Waals surface area (Å²) in [6, 6.07) is 4.16. The third kappa shape index (κ3) is 6.86. The van der Waals surface area contributed by atoms with E-state index in [0.717, 1.165) is 5.01 Å². The molecule has 0 radical (unpaired) electrons. The summed E-state index contributed by atoms with van der Waals surface area (Å²) >= 11 is 8.39. The molecule has 0 bridgehead atoms. The van der Waals surface area contributed by atoms with Gasteiger partial charge >= 0.3 is 0 Å². The number of rotatable bonds is 12. The molecule has 4 aliphatic rings. The van der Waals surface area contributed by atoms with Crippen molar-refractivity contribution in [3.8, 4) is 22.9 Å². The van der Waals surface area contributed by atoms with Crippen LogP contribution in [-0.4, -0.2) is 71.4 Å². The SMILES string of the molecule is C=C[C@@H]1C[C@]1(CC(=O)[C@@H]1C[C@@H](Oc2cc(-c3csc(C(C)C)n3)nc3c(Cl)c(OC)ccc23)[C@H]2CC[C@H](C(C)(C)C)C(=O)N21)C(=O)NS(=O)(=O)C1CC1. The molecule has 53 heavy (non-hydrogen) atoms. The number of nitrogens with zero attached hydrogens (tertiary/aromatic N) is 3. The molecule has 1 N–H and O–H groups in total. The van der Waals surface area contributed by atoms with E-state index in [-0.39, 0.29) is 47.7 Å². The molecule has 6 atom stereocenters. The number of carbonyl (C=O) groups is 3. The van der Waals surface area contributed by atoms with Crippen molar-refractivity contribution in [1.82, 2.24) is 19.6 Å². The standard InChI is InChI=1S/C39H47ClN4O7S2/c1-8-21-17-39(21,37(47)43-53(48,49)22-9-10-22)18-29(45)28-16-32(27-13-12-24(38(4,5)6)36(46)44(27)28)51-31-15-25(26-19-52-35(42-26)20(2)3)41-34-23(31)11-14-30(50-7)33(34)40/h8,11,14-15,19-22,24,27-28,32H,1,9-10,12-13,16-18H2,2-7H3,(H,43,47)/t21-,24+,27-,28+,32-,39-/m1/s1. The lowest BCUT2D eigenvalue weighted by Crippen LogP contribution is -2.55. The van der Waals surface area contributed by atoms with Gasteiger partial charge in [0.15, 0.2) is 5.78 Å². The summed E-state index contributed by atoms with van der Waals surface area (Å²) in [5.74, 6) is -0.547. The van der Waals surface area contributed by atoms with Gasteiger partial charge in [-0.15, -0.1) is 17.9 Å². The second-order valence-corrected chi connectivity index (χ2v) is 19.7. The Bertz CT molecular complexity index is 2110. The fraction of sp³-hybridized carbons (Fsp3) is 0.564. The molecule has 11 nitrogen and oxygen atoms in total. The summed E-state index contributed by atoms with van der Waals surface area (Å²) in [5, 5.41) is 3.31. The largest absolute Gasteiger partial charge is 0.495 e. The van der Waals surface area contributed by atoms with Gasteiger partial charge in [-0.3, -0.25) is 19.1 Å². The number of allylic oxidation sites excluding steroid dienone is 1. The summed E-state index contributed by atoms with van der Waals surface area (Å²) in [7, 11) is -2.28. The van der Waals surface area contributed by atoms with Crippen molar-refractivity contribution in [1.29, 1.82) is 0 Å². The number of pyridine rings is 1. The molecule has 2 saturated heterocycles. The maximum atomic E-state index is 14.5. The zero-order chi connectivity index (χ0) is 38.2. The number of sulfonamides is 1. The Labute approximate surface area is 319 Å². The number of ether oxygens (including phenoxy) is 2. The Kier molecular flexibility index (Phi) is 9.71. The van der Waals surface area contributed by atoms with Crippen LogP contribution in [0.5, 0.6) is 11.5 Å². The van der Waals surface area contributed by atoms with Crippen LogP contribution in [0.15, 0.2) is 36.2 Å². The number of piperidine rings is 1. The number of carbonyl (C=O) groups excluding carboxylic acids is 3. The Morgan fingerprint density at radius 3 is 2.49 bits per heavy atom. The number of hydrogen-bond donors (Lipinski definition) is 1. The summed E-state index contributed by atoms with van der Waals surface area (Å²) in [6.45, 7) is 14.1. The number of amides is 2. The number of aromatic nitrogens is 2. The first-order valence-corrected chi connectivity index (χ1v) is 21.1. The first kappa shape index (κ1) is 37.8. The predicted octanol–water partition coefficient (Wildman–Crippen LogP) is 7.08. The molecule has 3 aromatic rings. The molecular weight excluding hydrogens is 736 g/mol. The maximum absolute atomic E-state index is 14.5. The van der Waals surface area contributed by atoms with Crippen molar-refractivity contribution in [3.05, 3.63) is 46.3 Å². The fourth-order valence-electron chi connectivity index (χ4n) is 8.14. The van der Waals surface area contributed by atoms with Crippen LogP contribution >= 0.6 is 22.9 Å². The highest BCUT2D eigenvalue weighted by molar-refractivity contribution is 7.90. The van der Waals surface area contributed by atoms with Gasteiger partial charge in [0, 0.05) is 41.5 Å². The highest BCUT2D eigenvalue weighted by Gasteiger charge is 2.62. The topological polar surface area (TPSA) is 145 Å². The Morgan fingerprint density at radius 2 is 1.89 bits per heavy atom. The average Bonchev–Trinajstić information content (AvgIpc) is 3.99. The lowest BCUT2D eigenvalue weighted by atomic mass is 9.74. The first-order chi connectivity index (χ1) is 25.0. The normalized spacial score (nSPS) is 27.1. The number of Topliss-reactive ketones (excluding diaryl/α,β-unsaturated/α-hetero) is 1. The van der Waals surface area contributed by atoms with E-state index in [4.69, 9.17) is 31.0 Å². The number of thiazole rings is 1. The predicted molar refractivity (Wildman–Crippen MR) is 205 cm³/mol.